The van der Waals surface area contributed by atoms with E-state index in [1.807, 2.05) is 17.5 Å². The van der Waals surface area contributed by atoms with Gasteiger partial charge in [-0.05, 0) is 53.8 Å². The summed E-state index contributed by atoms with van der Waals surface area (Å²) in [4.78, 5) is 13.8. The van der Waals surface area contributed by atoms with Gasteiger partial charge in [-0.3, -0.25) is 0 Å². The Morgan fingerprint density at radius 2 is 2.00 bits per heavy atom. The van der Waals surface area contributed by atoms with Gasteiger partial charge in [-0.1, -0.05) is 23.7 Å². The molecule has 0 saturated heterocycles. The van der Waals surface area contributed by atoms with E-state index in [0.717, 1.165) is 31.4 Å². The Labute approximate surface area is 201 Å². The number of nitrogens with zero attached hydrogens (tertiary/aromatic N) is 3. The number of aromatic nitrogens is 3. The normalized spacial score (nSPS) is 10.6. The summed E-state index contributed by atoms with van der Waals surface area (Å²) in [6, 6.07) is 13.6. The summed E-state index contributed by atoms with van der Waals surface area (Å²) in [5.41, 5.74) is 2.28. The third-order valence-electron chi connectivity index (χ3n) is 4.51. The van der Waals surface area contributed by atoms with Crippen LogP contribution in [0.15, 0.2) is 66.4 Å². The molecule has 3 heterocycles. The number of fused-ring (bicyclic) bond motifs is 1. The van der Waals surface area contributed by atoms with Gasteiger partial charge in [0, 0.05) is 17.3 Å². The lowest BCUT2D eigenvalue weighted by Gasteiger charge is -2.11. The molecule has 33 heavy (non-hydrogen) atoms. The first kappa shape index (κ1) is 21.3. The summed E-state index contributed by atoms with van der Waals surface area (Å²) in [6.07, 6.45) is 3.24. The van der Waals surface area contributed by atoms with E-state index < -0.39 is 0 Å². The maximum Gasteiger partial charge on any atom is 0.167 e. The number of hydrogen-bond donors (Lipinski definition) is 1. The van der Waals surface area contributed by atoms with Crippen LogP contribution in [0.5, 0.6) is 5.75 Å². The van der Waals surface area contributed by atoms with E-state index in [9.17, 15) is 4.39 Å². The fourth-order valence-corrected chi connectivity index (χ4v) is 4.65. The van der Waals surface area contributed by atoms with E-state index >= 15 is 0 Å². The fourth-order valence-electron chi connectivity index (χ4n) is 3.03. The smallest absolute Gasteiger partial charge is 0.167 e. The number of hydrogen-bond acceptors (Lipinski definition) is 7. The number of rotatable bonds is 5. The lowest BCUT2D eigenvalue weighted by atomic mass is 10.2. The van der Waals surface area contributed by atoms with Crippen LogP contribution in [0.3, 0.4) is 0 Å². The lowest BCUT2D eigenvalue weighted by Crippen LogP contribution is -1.98. The molecule has 5 aromatic rings. The van der Waals surface area contributed by atoms with Gasteiger partial charge in [0.1, 0.15) is 24.5 Å². The average molecular weight is 493 g/mol. The van der Waals surface area contributed by atoms with Gasteiger partial charge in [-0.25, -0.2) is 19.3 Å². The monoisotopic (exact) mass is 492 g/mol. The summed E-state index contributed by atoms with van der Waals surface area (Å²) in [7, 11) is 0. The first-order valence-corrected chi connectivity index (χ1v) is 11.8. The molecule has 5 nitrogen and oxygen atoms in total. The van der Waals surface area contributed by atoms with E-state index in [1.54, 1.807) is 30.5 Å². The molecule has 0 aliphatic rings. The summed E-state index contributed by atoms with van der Waals surface area (Å²) in [5.74, 6) is 7.06. The molecule has 5 rings (SSSR count). The molecule has 0 unspecified atom stereocenters. The zero-order valence-corrected chi connectivity index (χ0v) is 19.3. The summed E-state index contributed by atoms with van der Waals surface area (Å²) in [6.45, 7) is 0.219. The van der Waals surface area contributed by atoms with E-state index in [-0.39, 0.29) is 12.4 Å². The molecule has 9 heteroatoms. The Kier molecular flexibility index (Phi) is 6.17. The third-order valence-corrected chi connectivity index (χ3v) is 6.54. The number of thiophene rings is 1. The van der Waals surface area contributed by atoms with Crippen LogP contribution in [0.4, 0.5) is 15.9 Å². The van der Waals surface area contributed by atoms with Crippen LogP contribution in [0, 0.1) is 17.7 Å². The molecule has 2 aromatic carbocycles. The minimum absolute atomic E-state index is 0.219. The Bertz CT molecular complexity index is 1490. The SMILES string of the molecule is Fc1cccc(COc2ccc(Nc3ncnc4cc(C#Cc5nccs5)sc34)cc2Cl)c1. The number of benzene rings is 2. The summed E-state index contributed by atoms with van der Waals surface area (Å²) in [5, 5.41) is 6.39. The minimum atomic E-state index is -0.302. The second-order valence-corrected chi connectivity index (χ2v) is 9.18. The number of nitrogens with one attached hydrogen (secondary N) is 1. The quantitative estimate of drug-likeness (QED) is 0.278. The predicted molar refractivity (Wildman–Crippen MR) is 131 cm³/mol. The predicted octanol–water partition coefficient (Wildman–Crippen LogP) is 6.66. The lowest BCUT2D eigenvalue weighted by molar-refractivity contribution is 0.306. The molecule has 0 bridgehead atoms. The molecule has 162 valence electrons. The van der Waals surface area contributed by atoms with Crippen molar-refractivity contribution >= 4 is 56.0 Å². The zero-order chi connectivity index (χ0) is 22.6. The molecule has 0 amide bonds. The van der Waals surface area contributed by atoms with E-state index in [2.05, 4.69) is 32.1 Å². The van der Waals surface area contributed by atoms with Crippen LogP contribution in [-0.4, -0.2) is 15.0 Å². The van der Waals surface area contributed by atoms with Crippen molar-refractivity contribution in [3.05, 3.63) is 92.7 Å². The summed E-state index contributed by atoms with van der Waals surface area (Å²) < 4.78 is 20.0. The highest BCUT2D eigenvalue weighted by Crippen LogP contribution is 2.33. The number of halogens is 2. The molecular formula is C24H14ClFN4OS2. The van der Waals surface area contributed by atoms with Crippen LogP contribution in [0.1, 0.15) is 15.4 Å². The topological polar surface area (TPSA) is 59.9 Å². The first-order valence-electron chi connectivity index (χ1n) is 9.74. The molecule has 0 saturated carbocycles. The highest BCUT2D eigenvalue weighted by Gasteiger charge is 2.10. The molecule has 0 radical (unpaired) electrons. The molecular weight excluding hydrogens is 479 g/mol. The van der Waals surface area contributed by atoms with Crippen LogP contribution in [0.2, 0.25) is 5.02 Å². The highest BCUT2D eigenvalue weighted by atomic mass is 35.5. The Hall–Kier alpha value is -3.51. The van der Waals surface area contributed by atoms with Crippen molar-refractivity contribution in [3.63, 3.8) is 0 Å². The van der Waals surface area contributed by atoms with Crippen molar-refractivity contribution in [2.75, 3.05) is 5.32 Å². The standard InChI is InChI=1S/C24H14ClFN4OS2/c25-19-11-17(4-6-21(19)31-13-15-2-1-3-16(26)10-15)30-24-23-20(28-14-29-24)12-18(33-23)5-7-22-27-8-9-32-22/h1-4,6,8-12,14H,13H2,(H,28,29,30). The molecule has 1 N–H and O–H groups in total. The first-order chi connectivity index (χ1) is 16.1. The van der Waals surface area contributed by atoms with Crippen LogP contribution in [-0.2, 0) is 6.61 Å². The maximum absolute atomic E-state index is 13.3. The Morgan fingerprint density at radius 3 is 2.82 bits per heavy atom. The van der Waals surface area contributed by atoms with Crippen LogP contribution >= 0.6 is 34.3 Å². The van der Waals surface area contributed by atoms with Crippen molar-refractivity contribution in [1.29, 1.82) is 0 Å². The van der Waals surface area contributed by atoms with Crippen molar-refractivity contribution in [2.45, 2.75) is 6.61 Å². The number of anilines is 2. The van der Waals surface area contributed by atoms with Crippen molar-refractivity contribution in [2.24, 2.45) is 0 Å². The third kappa shape index (κ3) is 5.12. The Balaban J connectivity index is 1.33. The van der Waals surface area contributed by atoms with Gasteiger partial charge in [0.25, 0.3) is 0 Å². The minimum Gasteiger partial charge on any atom is -0.487 e. The van der Waals surface area contributed by atoms with Gasteiger partial charge < -0.3 is 10.1 Å². The number of thiazole rings is 1. The maximum atomic E-state index is 13.3. The van der Waals surface area contributed by atoms with Crippen LogP contribution in [0.25, 0.3) is 10.2 Å². The van der Waals surface area contributed by atoms with Gasteiger partial charge in [-0.15, -0.1) is 22.7 Å². The second-order valence-electron chi connectivity index (χ2n) is 6.82. The Morgan fingerprint density at radius 1 is 1.06 bits per heavy atom. The van der Waals surface area contributed by atoms with Gasteiger partial charge in [0.05, 0.1) is 20.1 Å². The van der Waals surface area contributed by atoms with Crippen molar-refractivity contribution < 1.29 is 9.13 Å². The van der Waals surface area contributed by atoms with Crippen molar-refractivity contribution in [3.8, 4) is 17.6 Å². The van der Waals surface area contributed by atoms with Gasteiger partial charge in [0.2, 0.25) is 0 Å². The molecule has 0 aliphatic carbocycles. The van der Waals surface area contributed by atoms with E-state index in [0.29, 0.717) is 16.6 Å². The highest BCUT2D eigenvalue weighted by molar-refractivity contribution is 7.20. The van der Waals surface area contributed by atoms with Crippen LogP contribution < -0.4 is 10.1 Å². The second kappa shape index (κ2) is 9.55. The van der Waals surface area contributed by atoms with Crippen molar-refractivity contribution in [1.82, 2.24) is 15.0 Å². The number of ether oxygens (including phenoxy) is 1. The molecule has 3 aromatic heterocycles. The fraction of sp³-hybridized carbons (Fsp3) is 0.0417. The van der Waals surface area contributed by atoms with Gasteiger partial charge in [-0.2, -0.15) is 0 Å². The summed E-state index contributed by atoms with van der Waals surface area (Å²) >= 11 is 9.42. The largest absolute Gasteiger partial charge is 0.487 e. The van der Waals surface area contributed by atoms with Gasteiger partial charge in [0.15, 0.2) is 10.8 Å². The molecule has 0 fully saturated rings. The average Bonchev–Trinajstić information content (AvgIpc) is 3.47. The van der Waals surface area contributed by atoms with Gasteiger partial charge >= 0.3 is 0 Å². The van der Waals surface area contributed by atoms with E-state index in [1.165, 1.54) is 41.1 Å². The molecule has 0 atom stereocenters. The van der Waals surface area contributed by atoms with E-state index in [4.69, 9.17) is 16.3 Å². The molecule has 0 aliphatic heterocycles. The molecule has 0 spiro atoms. The zero-order valence-electron chi connectivity index (χ0n) is 16.9.